The third kappa shape index (κ3) is 3.30. The summed E-state index contributed by atoms with van der Waals surface area (Å²) in [5.74, 6) is 0. The van der Waals surface area contributed by atoms with Crippen molar-refractivity contribution in [3.05, 3.63) is 17.0 Å². The van der Waals surface area contributed by atoms with E-state index in [0.717, 1.165) is 31.7 Å². The van der Waals surface area contributed by atoms with Gasteiger partial charge in [0.15, 0.2) is 0 Å². The van der Waals surface area contributed by atoms with Crippen LogP contribution in [0.25, 0.3) is 0 Å². The molecule has 1 aromatic rings. The lowest BCUT2D eigenvalue weighted by atomic mass is 10.0. The number of hydrogen-bond donors (Lipinski definition) is 1. The average molecular weight is 239 g/mol. The van der Waals surface area contributed by atoms with Crippen LogP contribution in [0.2, 0.25) is 0 Å². The molecule has 1 aromatic heterocycles. The van der Waals surface area contributed by atoms with E-state index in [0.29, 0.717) is 6.61 Å². The van der Waals surface area contributed by atoms with Gasteiger partial charge >= 0.3 is 0 Å². The Hall–Kier alpha value is -0.870. The molecule has 0 bridgehead atoms. The number of aromatic nitrogens is 2. The van der Waals surface area contributed by atoms with Gasteiger partial charge in [-0.1, -0.05) is 13.8 Å². The van der Waals surface area contributed by atoms with Gasteiger partial charge < -0.3 is 10.5 Å². The molecule has 0 fully saturated rings. The third-order valence-electron chi connectivity index (χ3n) is 2.95. The molecule has 0 spiro atoms. The Bertz CT molecular complexity index is 345. The van der Waals surface area contributed by atoms with Crippen molar-refractivity contribution in [3.8, 4) is 0 Å². The van der Waals surface area contributed by atoms with E-state index < -0.39 is 0 Å². The molecule has 1 unspecified atom stereocenters. The van der Waals surface area contributed by atoms with Crippen LogP contribution in [0.4, 0.5) is 0 Å². The molecule has 0 saturated heterocycles. The summed E-state index contributed by atoms with van der Waals surface area (Å²) in [4.78, 5) is 0. The average Bonchev–Trinajstić information content (AvgIpc) is 2.67. The molecule has 2 N–H and O–H groups in total. The highest BCUT2D eigenvalue weighted by atomic mass is 16.5. The monoisotopic (exact) mass is 239 g/mol. The van der Waals surface area contributed by atoms with E-state index in [1.165, 1.54) is 11.3 Å². The number of aryl methyl sites for hydroxylation is 1. The standard InChI is InChI=1S/C13H25N3O/c1-5-11-13(10(4)14)12(6-2)16(15-11)8-9-17-7-3/h10H,5-9,14H2,1-4H3. The zero-order chi connectivity index (χ0) is 12.8. The summed E-state index contributed by atoms with van der Waals surface area (Å²) in [6, 6.07) is 0.0562. The van der Waals surface area contributed by atoms with Crippen LogP contribution in [0.5, 0.6) is 0 Å². The molecule has 1 heterocycles. The Kier molecular flexibility index (Phi) is 5.65. The Labute approximate surface area is 104 Å². The predicted molar refractivity (Wildman–Crippen MR) is 70.1 cm³/mol. The zero-order valence-electron chi connectivity index (χ0n) is 11.5. The summed E-state index contributed by atoms with van der Waals surface area (Å²) < 4.78 is 7.45. The van der Waals surface area contributed by atoms with Gasteiger partial charge in [-0.2, -0.15) is 5.10 Å². The van der Waals surface area contributed by atoms with Crippen molar-refractivity contribution < 1.29 is 4.74 Å². The lowest BCUT2D eigenvalue weighted by Gasteiger charge is -2.10. The Morgan fingerprint density at radius 1 is 1.29 bits per heavy atom. The number of nitrogens with zero attached hydrogens (tertiary/aromatic N) is 2. The summed E-state index contributed by atoms with van der Waals surface area (Å²) in [7, 11) is 0. The fourth-order valence-electron chi connectivity index (χ4n) is 2.21. The van der Waals surface area contributed by atoms with Crippen LogP contribution in [0.15, 0.2) is 0 Å². The van der Waals surface area contributed by atoms with Gasteiger partial charge in [0.25, 0.3) is 0 Å². The van der Waals surface area contributed by atoms with Crippen LogP contribution in [-0.2, 0) is 24.1 Å². The van der Waals surface area contributed by atoms with Crippen LogP contribution >= 0.6 is 0 Å². The first-order valence-corrected chi connectivity index (χ1v) is 6.57. The van der Waals surface area contributed by atoms with Gasteiger partial charge in [0.05, 0.1) is 18.8 Å². The van der Waals surface area contributed by atoms with E-state index in [1.807, 2.05) is 13.8 Å². The summed E-state index contributed by atoms with van der Waals surface area (Å²) >= 11 is 0. The largest absolute Gasteiger partial charge is 0.380 e. The van der Waals surface area contributed by atoms with Crippen molar-refractivity contribution in [2.24, 2.45) is 5.73 Å². The quantitative estimate of drug-likeness (QED) is 0.741. The second kappa shape index (κ2) is 6.77. The first-order valence-electron chi connectivity index (χ1n) is 6.57. The predicted octanol–water partition coefficient (Wildman–Crippen LogP) is 2.06. The van der Waals surface area contributed by atoms with Crippen LogP contribution in [0.1, 0.15) is 50.7 Å². The molecule has 0 saturated carbocycles. The Morgan fingerprint density at radius 3 is 2.47 bits per heavy atom. The van der Waals surface area contributed by atoms with Gasteiger partial charge in [-0.25, -0.2) is 0 Å². The van der Waals surface area contributed by atoms with Crippen molar-refractivity contribution in [1.82, 2.24) is 9.78 Å². The molecule has 0 aliphatic rings. The van der Waals surface area contributed by atoms with Gasteiger partial charge in [0.1, 0.15) is 0 Å². The van der Waals surface area contributed by atoms with Gasteiger partial charge in [-0.05, 0) is 26.7 Å². The minimum Gasteiger partial charge on any atom is -0.380 e. The van der Waals surface area contributed by atoms with Crippen LogP contribution in [0.3, 0.4) is 0 Å². The molecule has 0 radical (unpaired) electrons. The molecule has 0 aliphatic heterocycles. The Morgan fingerprint density at radius 2 is 2.00 bits per heavy atom. The van der Waals surface area contributed by atoms with Crippen molar-refractivity contribution in [3.63, 3.8) is 0 Å². The second-order valence-electron chi connectivity index (χ2n) is 4.22. The minimum absolute atomic E-state index is 0.0562. The van der Waals surface area contributed by atoms with Gasteiger partial charge in [0.2, 0.25) is 0 Å². The van der Waals surface area contributed by atoms with E-state index in [4.69, 9.17) is 10.5 Å². The lowest BCUT2D eigenvalue weighted by molar-refractivity contribution is 0.135. The van der Waals surface area contributed by atoms with E-state index >= 15 is 0 Å². The molecular weight excluding hydrogens is 214 g/mol. The van der Waals surface area contributed by atoms with Crippen molar-refractivity contribution in [1.29, 1.82) is 0 Å². The van der Waals surface area contributed by atoms with Gasteiger partial charge in [-0.3, -0.25) is 4.68 Å². The van der Waals surface area contributed by atoms with E-state index in [9.17, 15) is 0 Å². The van der Waals surface area contributed by atoms with E-state index in [1.54, 1.807) is 0 Å². The molecule has 0 amide bonds. The van der Waals surface area contributed by atoms with E-state index in [2.05, 4.69) is 23.6 Å². The molecular formula is C13H25N3O. The fourth-order valence-corrected chi connectivity index (χ4v) is 2.21. The summed E-state index contributed by atoms with van der Waals surface area (Å²) in [5, 5.41) is 4.65. The zero-order valence-corrected chi connectivity index (χ0v) is 11.5. The highest BCUT2D eigenvalue weighted by Gasteiger charge is 2.17. The first-order chi connectivity index (χ1) is 8.15. The number of ether oxygens (including phenoxy) is 1. The smallest absolute Gasteiger partial charge is 0.0672 e. The molecule has 0 aromatic carbocycles. The van der Waals surface area contributed by atoms with Crippen molar-refractivity contribution >= 4 is 0 Å². The number of nitrogens with two attached hydrogens (primary N) is 1. The SMILES string of the molecule is CCOCCn1nc(CC)c(C(C)N)c1CC. The van der Waals surface area contributed by atoms with Crippen molar-refractivity contribution in [2.75, 3.05) is 13.2 Å². The third-order valence-corrected chi connectivity index (χ3v) is 2.95. The minimum atomic E-state index is 0.0562. The number of rotatable bonds is 7. The van der Waals surface area contributed by atoms with Crippen molar-refractivity contribution in [2.45, 2.75) is 53.1 Å². The molecule has 17 heavy (non-hydrogen) atoms. The topological polar surface area (TPSA) is 53.1 Å². The van der Waals surface area contributed by atoms with E-state index in [-0.39, 0.29) is 6.04 Å². The molecule has 4 heteroatoms. The maximum atomic E-state index is 6.05. The van der Waals surface area contributed by atoms with Gasteiger partial charge in [-0.15, -0.1) is 0 Å². The van der Waals surface area contributed by atoms with Crippen LogP contribution in [-0.4, -0.2) is 23.0 Å². The molecule has 1 atom stereocenters. The maximum absolute atomic E-state index is 6.05. The second-order valence-corrected chi connectivity index (χ2v) is 4.22. The normalized spacial score (nSPS) is 13.0. The first kappa shape index (κ1) is 14.2. The Balaban J connectivity index is 2.96. The summed E-state index contributed by atoms with van der Waals surface area (Å²) in [5.41, 5.74) is 9.67. The summed E-state index contributed by atoms with van der Waals surface area (Å²) in [6.45, 7) is 10.6. The van der Waals surface area contributed by atoms with Crippen LogP contribution < -0.4 is 5.73 Å². The molecule has 0 aliphatic carbocycles. The van der Waals surface area contributed by atoms with Crippen LogP contribution in [0, 0.1) is 0 Å². The maximum Gasteiger partial charge on any atom is 0.0672 e. The lowest BCUT2D eigenvalue weighted by Crippen LogP contribution is -2.13. The summed E-state index contributed by atoms with van der Waals surface area (Å²) in [6.07, 6.45) is 1.90. The van der Waals surface area contributed by atoms with Gasteiger partial charge in [0, 0.05) is 23.9 Å². The molecule has 1 rings (SSSR count). The molecule has 4 nitrogen and oxygen atoms in total. The fraction of sp³-hybridized carbons (Fsp3) is 0.769. The molecule has 98 valence electrons. The number of hydrogen-bond acceptors (Lipinski definition) is 3. The highest BCUT2D eigenvalue weighted by Crippen LogP contribution is 2.22. The highest BCUT2D eigenvalue weighted by molar-refractivity contribution is 5.29.